The number of benzene rings is 2. The van der Waals surface area contributed by atoms with E-state index in [2.05, 4.69) is 21.2 Å². The monoisotopic (exact) mass is 469 g/mol. The highest BCUT2D eigenvalue weighted by molar-refractivity contribution is 9.10. The van der Waals surface area contributed by atoms with Crippen LogP contribution >= 0.6 is 15.9 Å². The lowest BCUT2D eigenvalue weighted by Gasteiger charge is -2.11. The summed E-state index contributed by atoms with van der Waals surface area (Å²) in [4.78, 5) is 25.5. The minimum Gasteiger partial charge on any atom is -0.466 e. The van der Waals surface area contributed by atoms with E-state index in [1.807, 2.05) is 0 Å². The molecule has 0 unspecified atom stereocenters. The lowest BCUT2D eigenvalue weighted by Crippen LogP contribution is -2.28. The number of carbonyl (C=O) groups is 2. The number of nitrogens with one attached hydrogen (secondary N) is 1. The summed E-state index contributed by atoms with van der Waals surface area (Å²) in [6.07, 6.45) is 3.00. The van der Waals surface area contributed by atoms with Gasteiger partial charge in [-0.3, -0.25) is 4.79 Å². The number of fused-ring (bicyclic) bond motifs is 1. The Morgan fingerprint density at radius 2 is 1.90 bits per heavy atom. The summed E-state index contributed by atoms with van der Waals surface area (Å²) in [5.74, 6) is 0.507. The van der Waals surface area contributed by atoms with E-state index in [4.69, 9.17) is 18.6 Å². The van der Waals surface area contributed by atoms with Gasteiger partial charge in [0.2, 0.25) is 6.79 Å². The first-order valence-electron chi connectivity index (χ1n) is 8.97. The van der Waals surface area contributed by atoms with Gasteiger partial charge in [0.05, 0.1) is 11.8 Å². The lowest BCUT2D eigenvalue weighted by molar-refractivity contribution is -0.141. The fourth-order valence-electron chi connectivity index (χ4n) is 2.76. The molecule has 0 fully saturated rings. The Hall–Kier alpha value is -3.52. The van der Waals surface area contributed by atoms with Crippen LogP contribution in [0.4, 0.5) is 0 Å². The van der Waals surface area contributed by atoms with Crippen LogP contribution in [0.15, 0.2) is 75.4 Å². The van der Waals surface area contributed by atoms with Gasteiger partial charge in [0.15, 0.2) is 11.5 Å². The first kappa shape index (κ1) is 19.8. The van der Waals surface area contributed by atoms with Gasteiger partial charge < -0.3 is 23.9 Å². The van der Waals surface area contributed by atoms with E-state index in [0.717, 1.165) is 0 Å². The minimum atomic E-state index is -0.704. The van der Waals surface area contributed by atoms with E-state index in [0.29, 0.717) is 32.9 Å². The summed E-state index contributed by atoms with van der Waals surface area (Å²) >= 11 is 3.34. The summed E-state index contributed by atoms with van der Waals surface area (Å²) in [6.45, 7) is 0.0779. The van der Waals surface area contributed by atoms with Crippen LogP contribution in [0.25, 0.3) is 6.08 Å². The number of carbonyl (C=O) groups excluding carboxylic acids is 2. The Morgan fingerprint density at radius 3 is 2.70 bits per heavy atom. The highest BCUT2D eigenvalue weighted by Crippen LogP contribution is 2.33. The zero-order valence-electron chi connectivity index (χ0n) is 15.6. The number of ether oxygens (including phenoxy) is 3. The first-order valence-corrected chi connectivity index (χ1v) is 9.76. The highest BCUT2D eigenvalue weighted by atomic mass is 79.9. The van der Waals surface area contributed by atoms with E-state index in [1.54, 1.807) is 54.6 Å². The van der Waals surface area contributed by atoms with E-state index >= 15 is 0 Å². The van der Waals surface area contributed by atoms with Crippen LogP contribution in [0.1, 0.15) is 21.7 Å². The van der Waals surface area contributed by atoms with Crippen molar-refractivity contribution >= 4 is 33.9 Å². The van der Waals surface area contributed by atoms with Crippen LogP contribution in [0.3, 0.4) is 0 Å². The molecule has 30 heavy (non-hydrogen) atoms. The first-order chi connectivity index (χ1) is 14.6. The van der Waals surface area contributed by atoms with Crippen molar-refractivity contribution in [2.75, 3.05) is 6.79 Å². The number of esters is 1. The summed E-state index contributed by atoms with van der Waals surface area (Å²) in [7, 11) is 0. The quantitative estimate of drug-likeness (QED) is 0.428. The van der Waals surface area contributed by atoms with Crippen LogP contribution in [0.5, 0.6) is 11.5 Å². The summed E-state index contributed by atoms with van der Waals surface area (Å²) in [6, 6.07) is 15.5. The van der Waals surface area contributed by atoms with E-state index in [1.165, 1.54) is 12.3 Å². The fourth-order valence-corrected chi connectivity index (χ4v) is 3.22. The molecule has 1 aliphatic heterocycles. The molecule has 4 rings (SSSR count). The Bertz CT molecular complexity index is 1110. The summed E-state index contributed by atoms with van der Waals surface area (Å²) in [5.41, 5.74) is 0.991. The van der Waals surface area contributed by atoms with Crippen molar-refractivity contribution in [1.29, 1.82) is 0 Å². The van der Waals surface area contributed by atoms with E-state index < -0.39 is 11.9 Å². The molecule has 1 amide bonds. The lowest BCUT2D eigenvalue weighted by atomic mass is 10.1. The average molecular weight is 470 g/mol. The maximum atomic E-state index is 12.7. The second kappa shape index (κ2) is 8.87. The van der Waals surface area contributed by atoms with Gasteiger partial charge in [-0.15, -0.1) is 0 Å². The molecule has 0 aliphatic carbocycles. The highest BCUT2D eigenvalue weighted by Gasteiger charge is 2.19. The zero-order valence-corrected chi connectivity index (χ0v) is 17.2. The zero-order chi connectivity index (χ0) is 20.9. The molecule has 8 heteroatoms. The molecule has 1 N–H and O–H groups in total. The van der Waals surface area contributed by atoms with Crippen LogP contribution < -0.4 is 14.8 Å². The smallest absolute Gasteiger partial charge is 0.355 e. The van der Waals surface area contributed by atoms with Gasteiger partial charge in [0.1, 0.15) is 18.1 Å². The normalized spacial score (nSPS) is 12.5. The van der Waals surface area contributed by atoms with Crippen molar-refractivity contribution in [3.8, 4) is 11.5 Å². The molecule has 0 radical (unpaired) electrons. The van der Waals surface area contributed by atoms with Crippen molar-refractivity contribution in [1.82, 2.24) is 5.32 Å². The summed E-state index contributed by atoms with van der Waals surface area (Å²) < 4.78 is 21.8. The number of halogens is 1. The minimum absolute atomic E-state index is 0.0267. The molecule has 0 saturated heterocycles. The predicted octanol–water partition coefficient (Wildman–Crippen LogP) is 4.29. The number of furan rings is 1. The van der Waals surface area contributed by atoms with Gasteiger partial charge in [-0.2, -0.15) is 0 Å². The second-order valence-corrected chi connectivity index (χ2v) is 7.11. The van der Waals surface area contributed by atoms with Crippen molar-refractivity contribution in [3.63, 3.8) is 0 Å². The largest absolute Gasteiger partial charge is 0.466 e. The van der Waals surface area contributed by atoms with E-state index in [9.17, 15) is 9.59 Å². The molecule has 7 nitrogen and oxygen atoms in total. The number of amides is 1. The SMILES string of the molecule is O=C(OCc1ccco1)/C(=C\c1ccc2c(c1)OCO2)NC(=O)c1ccccc1Br. The number of hydrogen-bond donors (Lipinski definition) is 1. The molecule has 0 spiro atoms. The maximum Gasteiger partial charge on any atom is 0.355 e. The molecule has 1 aromatic heterocycles. The molecule has 0 saturated carbocycles. The third-order valence-electron chi connectivity index (χ3n) is 4.22. The fraction of sp³-hybridized carbons (Fsp3) is 0.0909. The molecule has 2 heterocycles. The molecular formula is C22H16BrNO6. The molecule has 0 atom stereocenters. The number of rotatable bonds is 6. The average Bonchev–Trinajstić information content (AvgIpc) is 3.43. The standard InChI is InChI=1S/C22H16BrNO6/c23-17-6-2-1-5-16(17)21(25)24-18(22(26)28-12-15-4-3-9-27-15)10-14-7-8-19-20(11-14)30-13-29-19/h1-11H,12-13H2,(H,24,25)/b18-10+. The Morgan fingerprint density at radius 1 is 1.07 bits per heavy atom. The van der Waals surface area contributed by atoms with Crippen molar-refractivity contribution in [3.05, 3.63) is 87.9 Å². The second-order valence-electron chi connectivity index (χ2n) is 6.26. The molecule has 1 aliphatic rings. The third-order valence-corrected chi connectivity index (χ3v) is 4.91. The molecule has 3 aromatic rings. The molecule has 0 bridgehead atoms. The number of hydrogen-bond acceptors (Lipinski definition) is 6. The van der Waals surface area contributed by atoms with Crippen LogP contribution in [0, 0.1) is 0 Å². The third kappa shape index (κ3) is 4.55. The molecule has 152 valence electrons. The van der Waals surface area contributed by atoms with Crippen molar-refractivity contribution in [2.45, 2.75) is 6.61 Å². The van der Waals surface area contributed by atoms with Crippen molar-refractivity contribution in [2.24, 2.45) is 0 Å². The molecular weight excluding hydrogens is 454 g/mol. The van der Waals surface area contributed by atoms with Gasteiger partial charge in [0, 0.05) is 4.47 Å². The van der Waals surface area contributed by atoms with Crippen LogP contribution in [-0.2, 0) is 16.1 Å². The maximum absolute atomic E-state index is 12.7. The van der Waals surface area contributed by atoms with Crippen LogP contribution in [-0.4, -0.2) is 18.7 Å². The predicted molar refractivity (Wildman–Crippen MR) is 111 cm³/mol. The van der Waals surface area contributed by atoms with Gasteiger partial charge in [-0.05, 0) is 64.0 Å². The van der Waals surface area contributed by atoms with Crippen molar-refractivity contribution < 1.29 is 28.2 Å². The Labute approximate surface area is 180 Å². The van der Waals surface area contributed by atoms with Gasteiger partial charge in [-0.25, -0.2) is 4.79 Å². The molecule has 2 aromatic carbocycles. The van der Waals surface area contributed by atoms with Crippen LogP contribution in [0.2, 0.25) is 0 Å². The van der Waals surface area contributed by atoms with Gasteiger partial charge in [-0.1, -0.05) is 18.2 Å². The Balaban J connectivity index is 1.59. The Kier molecular flexibility index (Phi) is 5.85. The topological polar surface area (TPSA) is 87.0 Å². The van der Waals surface area contributed by atoms with Gasteiger partial charge in [0.25, 0.3) is 5.91 Å². The summed E-state index contributed by atoms with van der Waals surface area (Å²) in [5, 5.41) is 2.64. The van der Waals surface area contributed by atoms with Gasteiger partial charge >= 0.3 is 5.97 Å². The van der Waals surface area contributed by atoms with E-state index in [-0.39, 0.29) is 19.1 Å².